The Kier molecular flexibility index (Phi) is 9.66. The standard InChI is InChI=1S/C32H36Cl2N4O2/c1-40-30-10-5-9-26-27(32(39)35-22-25-11-12-28(33)29(34)21-25)23-38(31(26)30)15-6-14-36-17-19-37(20-18-36)16-13-24-7-3-2-4-8-24/h2-5,7-12,21,23H,6,13-20,22H2,1H3,(H,35,39). The number of hydrogen-bond donors (Lipinski definition) is 1. The second kappa shape index (κ2) is 13.6. The largest absolute Gasteiger partial charge is 0.495 e. The molecular weight excluding hydrogens is 543 g/mol. The first-order chi connectivity index (χ1) is 19.5. The second-order valence-corrected chi connectivity index (χ2v) is 11.1. The van der Waals surface area contributed by atoms with Crippen LogP contribution in [0.25, 0.3) is 10.9 Å². The van der Waals surface area contributed by atoms with Crippen LogP contribution in [0.15, 0.2) is 72.9 Å². The molecule has 4 aromatic rings. The van der Waals surface area contributed by atoms with E-state index in [1.807, 2.05) is 30.5 Å². The Balaban J connectivity index is 1.17. The van der Waals surface area contributed by atoms with Gasteiger partial charge in [-0.3, -0.25) is 4.79 Å². The van der Waals surface area contributed by atoms with E-state index in [0.717, 1.165) is 80.9 Å². The van der Waals surface area contributed by atoms with E-state index in [9.17, 15) is 4.79 Å². The molecule has 1 aromatic heterocycles. The molecule has 0 saturated carbocycles. The van der Waals surface area contributed by atoms with E-state index in [1.54, 1.807) is 19.2 Å². The van der Waals surface area contributed by atoms with Gasteiger partial charge in [0.1, 0.15) is 5.75 Å². The van der Waals surface area contributed by atoms with E-state index in [4.69, 9.17) is 27.9 Å². The smallest absolute Gasteiger partial charge is 0.253 e. The van der Waals surface area contributed by atoms with Crippen LogP contribution < -0.4 is 10.1 Å². The van der Waals surface area contributed by atoms with Gasteiger partial charge in [0.05, 0.1) is 28.2 Å². The summed E-state index contributed by atoms with van der Waals surface area (Å²) in [5.41, 5.74) is 3.89. The summed E-state index contributed by atoms with van der Waals surface area (Å²) in [4.78, 5) is 18.4. The molecule has 0 atom stereocenters. The number of nitrogens with one attached hydrogen (secondary N) is 1. The lowest BCUT2D eigenvalue weighted by Gasteiger charge is -2.34. The number of benzene rings is 3. The van der Waals surface area contributed by atoms with E-state index in [0.29, 0.717) is 22.2 Å². The topological polar surface area (TPSA) is 49.7 Å². The molecule has 40 heavy (non-hydrogen) atoms. The third kappa shape index (κ3) is 6.99. The molecule has 1 N–H and O–H groups in total. The van der Waals surface area contributed by atoms with Crippen molar-refractivity contribution in [1.29, 1.82) is 0 Å². The van der Waals surface area contributed by atoms with Crippen molar-refractivity contribution in [3.8, 4) is 5.75 Å². The number of ether oxygens (including phenoxy) is 1. The molecule has 1 fully saturated rings. The van der Waals surface area contributed by atoms with E-state index in [-0.39, 0.29) is 5.91 Å². The molecule has 0 spiro atoms. The Morgan fingerprint density at radius 3 is 2.33 bits per heavy atom. The number of piperazine rings is 1. The molecule has 0 bridgehead atoms. The highest BCUT2D eigenvalue weighted by Gasteiger charge is 2.19. The van der Waals surface area contributed by atoms with E-state index < -0.39 is 0 Å². The normalized spacial score (nSPS) is 14.5. The molecule has 1 aliphatic rings. The van der Waals surface area contributed by atoms with Crippen LogP contribution in [0.3, 0.4) is 0 Å². The van der Waals surface area contributed by atoms with Crippen LogP contribution in [-0.2, 0) is 19.5 Å². The third-order valence-corrected chi connectivity index (χ3v) is 8.40. The summed E-state index contributed by atoms with van der Waals surface area (Å²) in [7, 11) is 1.67. The Morgan fingerprint density at radius 1 is 0.850 bits per heavy atom. The predicted molar refractivity (Wildman–Crippen MR) is 164 cm³/mol. The molecule has 1 amide bonds. The molecule has 2 heterocycles. The van der Waals surface area contributed by atoms with Gasteiger partial charge in [0, 0.05) is 57.4 Å². The van der Waals surface area contributed by atoms with E-state index in [1.165, 1.54) is 5.56 Å². The van der Waals surface area contributed by atoms with Crippen LogP contribution in [0.5, 0.6) is 5.75 Å². The summed E-state index contributed by atoms with van der Waals surface area (Å²) >= 11 is 12.2. The number of halogens is 2. The maximum Gasteiger partial charge on any atom is 0.253 e. The van der Waals surface area contributed by atoms with Crippen LogP contribution in [0.4, 0.5) is 0 Å². The molecule has 0 aliphatic carbocycles. The van der Waals surface area contributed by atoms with Gasteiger partial charge >= 0.3 is 0 Å². The number of amides is 1. The van der Waals surface area contributed by atoms with Gasteiger partial charge in [0.15, 0.2) is 0 Å². The number of aromatic nitrogens is 1. The van der Waals surface area contributed by atoms with Crippen LogP contribution in [0.2, 0.25) is 10.0 Å². The minimum atomic E-state index is -0.130. The van der Waals surface area contributed by atoms with Gasteiger partial charge < -0.3 is 24.4 Å². The quantitative estimate of drug-likeness (QED) is 0.232. The van der Waals surface area contributed by atoms with Crippen molar-refractivity contribution in [3.63, 3.8) is 0 Å². The lowest BCUT2D eigenvalue weighted by atomic mass is 10.1. The van der Waals surface area contributed by atoms with Crippen LogP contribution in [0.1, 0.15) is 27.9 Å². The average Bonchev–Trinajstić information content (AvgIpc) is 3.36. The molecule has 8 heteroatoms. The van der Waals surface area contributed by atoms with Crippen molar-refractivity contribution in [2.45, 2.75) is 25.9 Å². The van der Waals surface area contributed by atoms with Crippen molar-refractivity contribution in [2.24, 2.45) is 0 Å². The summed E-state index contributed by atoms with van der Waals surface area (Å²) in [6, 6.07) is 22.0. The van der Waals surface area contributed by atoms with Crippen molar-refractivity contribution >= 4 is 40.0 Å². The highest BCUT2D eigenvalue weighted by Crippen LogP contribution is 2.30. The fourth-order valence-electron chi connectivity index (χ4n) is 5.41. The first-order valence-corrected chi connectivity index (χ1v) is 14.6. The monoisotopic (exact) mass is 578 g/mol. The summed E-state index contributed by atoms with van der Waals surface area (Å²) in [5, 5.41) is 4.89. The summed E-state index contributed by atoms with van der Waals surface area (Å²) in [6.07, 6.45) is 4.06. The molecule has 0 radical (unpaired) electrons. The Bertz CT molecular complexity index is 1430. The molecule has 1 aliphatic heterocycles. The molecule has 210 valence electrons. The molecule has 6 nitrogen and oxygen atoms in total. The number of aryl methyl sites for hydroxylation is 1. The molecule has 5 rings (SSSR count). The number of rotatable bonds is 11. The summed E-state index contributed by atoms with van der Waals surface area (Å²) in [6.45, 7) is 7.71. The zero-order chi connectivity index (χ0) is 27.9. The van der Waals surface area contributed by atoms with Crippen molar-refractivity contribution in [2.75, 3.05) is 46.4 Å². The van der Waals surface area contributed by atoms with Gasteiger partial charge in [-0.1, -0.05) is 71.7 Å². The maximum atomic E-state index is 13.3. The highest BCUT2D eigenvalue weighted by atomic mass is 35.5. The minimum Gasteiger partial charge on any atom is -0.495 e. The van der Waals surface area contributed by atoms with Crippen molar-refractivity contribution in [1.82, 2.24) is 19.7 Å². The molecule has 3 aromatic carbocycles. The van der Waals surface area contributed by atoms with Gasteiger partial charge in [-0.15, -0.1) is 0 Å². The third-order valence-electron chi connectivity index (χ3n) is 7.66. The first-order valence-electron chi connectivity index (χ1n) is 13.9. The van der Waals surface area contributed by atoms with Crippen molar-refractivity contribution < 1.29 is 9.53 Å². The van der Waals surface area contributed by atoms with E-state index >= 15 is 0 Å². The number of methoxy groups -OCH3 is 1. The van der Waals surface area contributed by atoms with E-state index in [2.05, 4.69) is 50.0 Å². The number of para-hydroxylation sites is 1. The zero-order valence-electron chi connectivity index (χ0n) is 22.9. The van der Waals surface area contributed by atoms with Gasteiger partial charge in [-0.25, -0.2) is 0 Å². The Labute approximate surface area is 246 Å². The first kappa shape index (κ1) is 28.5. The van der Waals surface area contributed by atoms with Crippen molar-refractivity contribution in [3.05, 3.63) is 99.7 Å². The summed E-state index contributed by atoms with van der Waals surface area (Å²) < 4.78 is 7.85. The lowest BCUT2D eigenvalue weighted by Crippen LogP contribution is -2.47. The van der Waals surface area contributed by atoms with Gasteiger partial charge in [0.2, 0.25) is 0 Å². The molecule has 0 unspecified atom stereocenters. The van der Waals surface area contributed by atoms with Crippen LogP contribution >= 0.6 is 23.2 Å². The maximum absolute atomic E-state index is 13.3. The number of hydrogen-bond acceptors (Lipinski definition) is 4. The van der Waals surface area contributed by atoms with Gasteiger partial charge in [-0.05, 0) is 48.7 Å². The fraction of sp³-hybridized carbons (Fsp3) is 0.344. The second-order valence-electron chi connectivity index (χ2n) is 10.3. The Hall–Kier alpha value is -3.03. The van der Waals surface area contributed by atoms with Gasteiger partial charge in [0.25, 0.3) is 5.91 Å². The fourth-order valence-corrected chi connectivity index (χ4v) is 5.73. The summed E-state index contributed by atoms with van der Waals surface area (Å²) in [5.74, 6) is 0.641. The predicted octanol–water partition coefficient (Wildman–Crippen LogP) is 6.14. The zero-order valence-corrected chi connectivity index (χ0v) is 24.4. The number of carbonyl (C=O) groups excluding carboxylic acids is 1. The molecular formula is C32H36Cl2N4O2. The van der Waals surface area contributed by atoms with Gasteiger partial charge in [-0.2, -0.15) is 0 Å². The van der Waals surface area contributed by atoms with Crippen LogP contribution in [-0.4, -0.2) is 66.7 Å². The number of nitrogens with zero attached hydrogens (tertiary/aromatic N) is 3. The van der Waals surface area contributed by atoms with Crippen LogP contribution in [0, 0.1) is 0 Å². The highest BCUT2D eigenvalue weighted by molar-refractivity contribution is 6.42. The number of fused-ring (bicyclic) bond motifs is 1. The molecule has 1 saturated heterocycles. The number of carbonyl (C=O) groups is 1. The Morgan fingerprint density at radius 2 is 1.60 bits per heavy atom. The average molecular weight is 580 g/mol. The lowest BCUT2D eigenvalue weighted by molar-refractivity contribution is 0.0952. The minimum absolute atomic E-state index is 0.130. The SMILES string of the molecule is COc1cccc2c(C(=O)NCc3ccc(Cl)c(Cl)c3)cn(CCCN3CCN(CCc4ccccc4)CC3)c12.